The van der Waals surface area contributed by atoms with Gasteiger partial charge in [0.25, 0.3) is 10.1 Å². The normalized spacial score (nSPS) is 11.5. The molecule has 20 heavy (non-hydrogen) atoms. The van der Waals surface area contributed by atoms with Gasteiger partial charge in [0.2, 0.25) is 0 Å². The van der Waals surface area contributed by atoms with Gasteiger partial charge in [-0.15, -0.1) is 0 Å². The molecule has 0 aliphatic carbocycles. The summed E-state index contributed by atoms with van der Waals surface area (Å²) in [5.41, 5.74) is 12.8. The lowest BCUT2D eigenvalue weighted by atomic mass is 10.2. The number of nitrogens with two attached hydrogens (primary N) is 2. The maximum Gasteiger partial charge on any atom is 0.294 e. The average molecular weight is 310 g/mol. The minimum atomic E-state index is -4.22. The fraction of sp³-hybridized carbons (Fsp3) is 0.0769. The Morgan fingerprint density at radius 2 is 1.60 bits per heavy atom. The van der Waals surface area contributed by atoms with Crippen molar-refractivity contribution in [1.82, 2.24) is 0 Å². The number of hydrogen-bond acceptors (Lipinski definition) is 5. The van der Waals surface area contributed by atoms with Crippen molar-refractivity contribution in [2.45, 2.75) is 21.6 Å². The van der Waals surface area contributed by atoms with Gasteiger partial charge in [-0.2, -0.15) is 8.42 Å². The molecule has 0 fully saturated rings. The van der Waals surface area contributed by atoms with Gasteiger partial charge in [0.1, 0.15) is 0 Å². The van der Waals surface area contributed by atoms with Crippen molar-refractivity contribution >= 4 is 33.3 Å². The van der Waals surface area contributed by atoms with E-state index in [1.165, 1.54) is 17.8 Å². The molecule has 0 amide bonds. The smallest absolute Gasteiger partial charge is 0.294 e. The van der Waals surface area contributed by atoms with E-state index in [9.17, 15) is 8.42 Å². The van der Waals surface area contributed by atoms with Crippen LogP contribution in [0.25, 0.3) is 0 Å². The van der Waals surface area contributed by atoms with Crippen LogP contribution in [0.3, 0.4) is 0 Å². The Bertz CT molecular complexity index is 758. The van der Waals surface area contributed by atoms with Crippen LogP contribution in [0.4, 0.5) is 11.4 Å². The molecule has 106 valence electrons. The number of aryl methyl sites for hydroxylation is 1. The van der Waals surface area contributed by atoms with Crippen LogP contribution in [-0.2, 0) is 10.1 Å². The van der Waals surface area contributed by atoms with Crippen molar-refractivity contribution in [3.8, 4) is 0 Å². The summed E-state index contributed by atoms with van der Waals surface area (Å²) < 4.78 is 31.7. The Morgan fingerprint density at radius 1 is 1.00 bits per heavy atom. The lowest BCUT2D eigenvalue weighted by molar-refractivity contribution is 0.482. The predicted octanol–water partition coefficient (Wildman–Crippen LogP) is 2.56. The molecule has 5 nitrogen and oxygen atoms in total. The highest BCUT2D eigenvalue weighted by atomic mass is 32.2. The second-order valence-corrected chi connectivity index (χ2v) is 6.83. The average Bonchev–Trinajstić information content (AvgIpc) is 2.35. The van der Waals surface area contributed by atoms with Gasteiger partial charge in [-0.05, 0) is 42.8 Å². The summed E-state index contributed by atoms with van der Waals surface area (Å²) in [4.78, 5) is 1.43. The van der Waals surface area contributed by atoms with Crippen molar-refractivity contribution in [3.63, 3.8) is 0 Å². The second kappa shape index (κ2) is 5.35. The minimum Gasteiger partial charge on any atom is -0.397 e. The molecule has 0 spiro atoms. The quantitative estimate of drug-likeness (QED) is 0.594. The van der Waals surface area contributed by atoms with E-state index in [0.717, 1.165) is 4.90 Å². The molecule has 0 aliphatic heterocycles. The molecule has 0 unspecified atom stereocenters. The lowest BCUT2D eigenvalue weighted by Crippen LogP contribution is -2.00. The lowest BCUT2D eigenvalue weighted by Gasteiger charge is -2.08. The maximum atomic E-state index is 11.3. The van der Waals surface area contributed by atoms with Crippen molar-refractivity contribution in [3.05, 3.63) is 42.0 Å². The molecule has 2 rings (SSSR count). The molecule has 5 N–H and O–H groups in total. The SMILES string of the molecule is Cc1ccc(Sc2ccc(N)c(N)c2)cc1S(=O)(=O)O. The first kappa shape index (κ1) is 14.7. The van der Waals surface area contributed by atoms with Gasteiger partial charge >= 0.3 is 0 Å². The van der Waals surface area contributed by atoms with Crippen molar-refractivity contribution in [2.75, 3.05) is 11.5 Å². The molecule has 0 radical (unpaired) electrons. The first-order valence-electron chi connectivity index (χ1n) is 5.68. The number of anilines is 2. The van der Waals surface area contributed by atoms with Crippen LogP contribution in [0, 0.1) is 6.92 Å². The van der Waals surface area contributed by atoms with Crippen LogP contribution < -0.4 is 11.5 Å². The standard InChI is InChI=1S/C13H14N2O3S2/c1-8-2-3-10(7-13(8)20(16,17)18)19-9-4-5-11(14)12(15)6-9/h2-7H,14-15H2,1H3,(H,16,17,18). The third-order valence-electron chi connectivity index (χ3n) is 2.73. The van der Waals surface area contributed by atoms with Crippen LogP contribution in [0.1, 0.15) is 5.56 Å². The molecule has 0 saturated carbocycles. The molecule has 2 aromatic carbocycles. The Labute approximate surface area is 121 Å². The summed E-state index contributed by atoms with van der Waals surface area (Å²) in [5.74, 6) is 0. The van der Waals surface area contributed by atoms with Gasteiger partial charge in [-0.1, -0.05) is 17.8 Å². The Morgan fingerprint density at radius 3 is 2.20 bits per heavy atom. The van der Waals surface area contributed by atoms with Crippen molar-refractivity contribution in [1.29, 1.82) is 0 Å². The van der Waals surface area contributed by atoms with Crippen LogP contribution in [0.5, 0.6) is 0 Å². The molecule has 7 heteroatoms. The molecule has 0 aliphatic rings. The highest BCUT2D eigenvalue weighted by Gasteiger charge is 2.14. The molecular formula is C13H14N2O3S2. The number of benzene rings is 2. The highest BCUT2D eigenvalue weighted by molar-refractivity contribution is 7.99. The first-order chi connectivity index (χ1) is 9.27. The van der Waals surface area contributed by atoms with Crippen molar-refractivity contribution in [2.24, 2.45) is 0 Å². The zero-order valence-electron chi connectivity index (χ0n) is 10.7. The van der Waals surface area contributed by atoms with Gasteiger partial charge in [0.15, 0.2) is 0 Å². The molecule has 0 atom stereocenters. The highest BCUT2D eigenvalue weighted by Crippen LogP contribution is 2.32. The summed E-state index contributed by atoms with van der Waals surface area (Å²) in [6.07, 6.45) is 0. The van der Waals surface area contributed by atoms with Crippen LogP contribution in [-0.4, -0.2) is 13.0 Å². The molecule has 0 bridgehead atoms. The Kier molecular flexibility index (Phi) is 3.94. The Hall–Kier alpha value is -1.70. The molecular weight excluding hydrogens is 296 g/mol. The maximum absolute atomic E-state index is 11.3. The van der Waals surface area contributed by atoms with Gasteiger partial charge in [-0.25, -0.2) is 0 Å². The van der Waals surface area contributed by atoms with Crippen LogP contribution in [0.15, 0.2) is 51.1 Å². The monoisotopic (exact) mass is 310 g/mol. The third-order valence-corrected chi connectivity index (χ3v) is 4.71. The number of nitrogen functional groups attached to an aromatic ring is 2. The fourth-order valence-electron chi connectivity index (χ4n) is 1.67. The van der Waals surface area contributed by atoms with Crippen LogP contribution >= 0.6 is 11.8 Å². The van der Waals surface area contributed by atoms with Gasteiger partial charge in [0, 0.05) is 9.79 Å². The van der Waals surface area contributed by atoms with Gasteiger partial charge in [0.05, 0.1) is 16.3 Å². The molecule has 0 heterocycles. The fourth-order valence-corrected chi connectivity index (χ4v) is 3.41. The van der Waals surface area contributed by atoms with Gasteiger partial charge in [-0.3, -0.25) is 4.55 Å². The summed E-state index contributed by atoms with van der Waals surface area (Å²) >= 11 is 1.34. The number of hydrogen-bond donors (Lipinski definition) is 3. The van der Waals surface area contributed by atoms with Crippen molar-refractivity contribution < 1.29 is 13.0 Å². The third kappa shape index (κ3) is 3.24. The van der Waals surface area contributed by atoms with E-state index >= 15 is 0 Å². The van der Waals surface area contributed by atoms with E-state index < -0.39 is 10.1 Å². The minimum absolute atomic E-state index is 0.0917. The van der Waals surface area contributed by atoms with E-state index in [1.54, 1.807) is 37.3 Å². The first-order valence-corrected chi connectivity index (χ1v) is 7.94. The number of rotatable bonds is 3. The van der Waals surface area contributed by atoms with Crippen LogP contribution in [0.2, 0.25) is 0 Å². The topological polar surface area (TPSA) is 106 Å². The summed E-state index contributed by atoms with van der Waals surface area (Å²) in [6, 6.07) is 10.1. The van der Waals surface area contributed by atoms with E-state index in [-0.39, 0.29) is 4.90 Å². The molecule has 0 aromatic heterocycles. The second-order valence-electron chi connectivity index (χ2n) is 4.30. The zero-order valence-corrected chi connectivity index (χ0v) is 12.3. The predicted molar refractivity (Wildman–Crippen MR) is 80.4 cm³/mol. The van der Waals surface area contributed by atoms with E-state index in [4.69, 9.17) is 16.0 Å². The Balaban J connectivity index is 2.37. The van der Waals surface area contributed by atoms with E-state index in [0.29, 0.717) is 21.8 Å². The summed E-state index contributed by atoms with van der Waals surface area (Å²) in [7, 11) is -4.22. The van der Waals surface area contributed by atoms with Gasteiger partial charge < -0.3 is 11.5 Å². The molecule has 0 saturated heterocycles. The summed E-state index contributed by atoms with van der Waals surface area (Å²) in [5, 5.41) is 0. The molecule has 2 aromatic rings. The largest absolute Gasteiger partial charge is 0.397 e. The van der Waals surface area contributed by atoms with E-state index in [2.05, 4.69) is 0 Å². The van der Waals surface area contributed by atoms with E-state index in [1.807, 2.05) is 0 Å². The summed E-state index contributed by atoms with van der Waals surface area (Å²) in [6.45, 7) is 1.62. The zero-order chi connectivity index (χ0) is 14.9.